The third kappa shape index (κ3) is 5.55. The van der Waals surface area contributed by atoms with Crippen LogP contribution in [0.1, 0.15) is 28.8 Å². The van der Waals surface area contributed by atoms with E-state index in [1.807, 2.05) is 13.0 Å². The number of nitrogens with zero attached hydrogens (tertiary/aromatic N) is 1. The summed E-state index contributed by atoms with van der Waals surface area (Å²) in [6.07, 6.45) is 3.78. The Morgan fingerprint density at radius 2 is 1.92 bits per heavy atom. The molecule has 7 heteroatoms. The van der Waals surface area contributed by atoms with Crippen LogP contribution in [0.15, 0.2) is 42.7 Å². The van der Waals surface area contributed by atoms with Gasteiger partial charge in [-0.05, 0) is 49.2 Å². The van der Waals surface area contributed by atoms with Gasteiger partial charge in [-0.2, -0.15) is 0 Å². The number of rotatable bonds is 6. The monoisotopic (exact) mass is 347 g/mol. The van der Waals surface area contributed by atoms with Crippen LogP contribution in [0.5, 0.6) is 5.75 Å². The van der Waals surface area contributed by atoms with Crippen molar-refractivity contribution in [3.63, 3.8) is 0 Å². The number of halogens is 1. The molecule has 1 heterocycles. The molecule has 0 atom stereocenters. The largest absolute Gasteiger partial charge is 0.493 e. The molecule has 0 unspecified atom stereocenters. The number of amides is 2. The lowest BCUT2D eigenvalue weighted by molar-refractivity contribution is -0.122. The molecule has 1 aromatic heterocycles. The number of ether oxygens (including phenoxy) is 1. The number of hydrazine groups is 1. The van der Waals surface area contributed by atoms with E-state index < -0.39 is 5.91 Å². The average molecular weight is 348 g/mol. The van der Waals surface area contributed by atoms with Crippen LogP contribution in [0.3, 0.4) is 0 Å². The fourth-order valence-corrected chi connectivity index (χ4v) is 2.18. The summed E-state index contributed by atoms with van der Waals surface area (Å²) in [6.45, 7) is 2.30. The first-order chi connectivity index (χ1) is 11.6. The predicted molar refractivity (Wildman–Crippen MR) is 90.8 cm³/mol. The number of nitrogens with one attached hydrogen (secondary N) is 2. The summed E-state index contributed by atoms with van der Waals surface area (Å²) in [4.78, 5) is 27.3. The summed E-state index contributed by atoms with van der Waals surface area (Å²) in [5, 5.41) is 0.657. The molecule has 0 spiro atoms. The SMILES string of the molecule is Cc1cc(Cl)ccc1OCCCC(=O)NNC(=O)c1ccncc1. The molecule has 0 radical (unpaired) electrons. The summed E-state index contributed by atoms with van der Waals surface area (Å²) in [5.41, 5.74) is 6.08. The molecule has 126 valence electrons. The van der Waals surface area contributed by atoms with Crippen molar-refractivity contribution in [2.75, 3.05) is 6.61 Å². The van der Waals surface area contributed by atoms with E-state index >= 15 is 0 Å². The highest BCUT2D eigenvalue weighted by atomic mass is 35.5. The van der Waals surface area contributed by atoms with Gasteiger partial charge < -0.3 is 4.74 Å². The van der Waals surface area contributed by atoms with Gasteiger partial charge >= 0.3 is 0 Å². The molecule has 2 aromatic rings. The minimum Gasteiger partial charge on any atom is -0.493 e. The van der Waals surface area contributed by atoms with Crippen LogP contribution in [0.2, 0.25) is 5.02 Å². The highest BCUT2D eigenvalue weighted by Gasteiger charge is 2.07. The lowest BCUT2D eigenvalue weighted by Crippen LogP contribution is -2.41. The van der Waals surface area contributed by atoms with Gasteiger partial charge in [-0.25, -0.2) is 0 Å². The first-order valence-corrected chi connectivity index (χ1v) is 7.82. The maximum absolute atomic E-state index is 11.7. The second-order valence-corrected chi connectivity index (χ2v) is 5.54. The van der Waals surface area contributed by atoms with Crippen molar-refractivity contribution >= 4 is 23.4 Å². The van der Waals surface area contributed by atoms with Gasteiger partial charge in [-0.15, -0.1) is 0 Å². The summed E-state index contributed by atoms with van der Waals surface area (Å²) in [6, 6.07) is 8.49. The van der Waals surface area contributed by atoms with Crippen LogP contribution in [0.25, 0.3) is 0 Å². The van der Waals surface area contributed by atoms with Crippen molar-refractivity contribution < 1.29 is 14.3 Å². The van der Waals surface area contributed by atoms with Crippen molar-refractivity contribution in [1.82, 2.24) is 15.8 Å². The number of benzene rings is 1. The number of aromatic nitrogens is 1. The highest BCUT2D eigenvalue weighted by molar-refractivity contribution is 6.30. The zero-order valence-electron chi connectivity index (χ0n) is 13.2. The van der Waals surface area contributed by atoms with Crippen LogP contribution >= 0.6 is 11.6 Å². The van der Waals surface area contributed by atoms with Gasteiger partial charge in [0, 0.05) is 29.4 Å². The second-order valence-electron chi connectivity index (χ2n) is 5.10. The van der Waals surface area contributed by atoms with Crippen molar-refractivity contribution in [2.24, 2.45) is 0 Å². The van der Waals surface area contributed by atoms with E-state index in [9.17, 15) is 9.59 Å². The molecule has 0 aliphatic carbocycles. The molecule has 2 amide bonds. The summed E-state index contributed by atoms with van der Waals surface area (Å²) < 4.78 is 5.60. The fourth-order valence-electron chi connectivity index (χ4n) is 1.95. The maximum atomic E-state index is 11.7. The lowest BCUT2D eigenvalue weighted by Gasteiger charge is -2.10. The average Bonchev–Trinajstić information content (AvgIpc) is 2.59. The topological polar surface area (TPSA) is 80.3 Å². The highest BCUT2D eigenvalue weighted by Crippen LogP contribution is 2.21. The third-order valence-corrected chi connectivity index (χ3v) is 3.44. The van der Waals surface area contributed by atoms with Crippen LogP contribution in [0.4, 0.5) is 0 Å². The lowest BCUT2D eigenvalue weighted by atomic mass is 10.2. The summed E-state index contributed by atoms with van der Waals surface area (Å²) in [5.74, 6) is 0.0680. The molecule has 2 rings (SSSR count). The third-order valence-electron chi connectivity index (χ3n) is 3.20. The summed E-state index contributed by atoms with van der Waals surface area (Å²) in [7, 11) is 0. The zero-order valence-corrected chi connectivity index (χ0v) is 14.0. The molecular formula is C17H18ClN3O3. The van der Waals surface area contributed by atoms with E-state index in [-0.39, 0.29) is 12.3 Å². The fraction of sp³-hybridized carbons (Fsp3) is 0.235. The minimum absolute atomic E-state index is 0.239. The Balaban J connectivity index is 1.65. The molecule has 1 aromatic carbocycles. The molecule has 0 saturated carbocycles. The number of carbonyl (C=O) groups is 2. The van der Waals surface area contributed by atoms with Crippen LogP contribution in [-0.2, 0) is 4.79 Å². The van der Waals surface area contributed by atoms with Gasteiger partial charge in [-0.1, -0.05) is 11.6 Å². The number of aryl methyl sites for hydroxylation is 1. The van der Waals surface area contributed by atoms with Crippen LogP contribution in [0, 0.1) is 6.92 Å². The number of pyridine rings is 1. The molecule has 0 bridgehead atoms. The Hall–Kier alpha value is -2.60. The van der Waals surface area contributed by atoms with E-state index in [0.29, 0.717) is 23.6 Å². The van der Waals surface area contributed by atoms with Gasteiger partial charge in [0.25, 0.3) is 5.91 Å². The number of carbonyl (C=O) groups excluding carboxylic acids is 2. The van der Waals surface area contributed by atoms with Gasteiger partial charge in [0.15, 0.2) is 0 Å². The standard InChI is InChI=1S/C17H18ClN3O3/c1-12-11-14(18)4-5-15(12)24-10-2-3-16(22)20-21-17(23)13-6-8-19-9-7-13/h4-9,11H,2-3,10H2,1H3,(H,20,22)(H,21,23). The van der Waals surface area contributed by atoms with Crippen LogP contribution in [-0.4, -0.2) is 23.4 Å². The van der Waals surface area contributed by atoms with Gasteiger partial charge in [0.05, 0.1) is 6.61 Å². The van der Waals surface area contributed by atoms with Gasteiger partial charge in [0.1, 0.15) is 5.75 Å². The smallest absolute Gasteiger partial charge is 0.269 e. The minimum atomic E-state index is -0.390. The molecule has 6 nitrogen and oxygen atoms in total. The zero-order chi connectivity index (χ0) is 17.4. The van der Waals surface area contributed by atoms with Gasteiger partial charge in [0.2, 0.25) is 5.91 Å². The summed E-state index contributed by atoms with van der Waals surface area (Å²) >= 11 is 5.88. The molecule has 0 fully saturated rings. The Kier molecular flexibility index (Phi) is 6.57. The molecule has 2 N–H and O–H groups in total. The Labute approximate surface area is 145 Å². The van der Waals surface area contributed by atoms with Crippen LogP contribution < -0.4 is 15.6 Å². The Morgan fingerprint density at radius 1 is 1.17 bits per heavy atom. The van der Waals surface area contributed by atoms with Crippen molar-refractivity contribution in [1.29, 1.82) is 0 Å². The number of hydrogen-bond acceptors (Lipinski definition) is 4. The van der Waals surface area contributed by atoms with E-state index in [1.54, 1.807) is 24.3 Å². The van der Waals surface area contributed by atoms with Crippen molar-refractivity contribution in [3.05, 3.63) is 58.9 Å². The normalized spacial score (nSPS) is 10.1. The number of hydrogen-bond donors (Lipinski definition) is 2. The van der Waals surface area contributed by atoms with E-state index in [0.717, 1.165) is 11.3 Å². The van der Waals surface area contributed by atoms with Crippen molar-refractivity contribution in [2.45, 2.75) is 19.8 Å². The van der Waals surface area contributed by atoms with Gasteiger partial charge in [-0.3, -0.25) is 25.4 Å². The van der Waals surface area contributed by atoms with E-state index in [2.05, 4.69) is 15.8 Å². The Bertz CT molecular complexity index is 707. The first-order valence-electron chi connectivity index (χ1n) is 7.44. The quantitative estimate of drug-likeness (QED) is 0.622. The first kappa shape index (κ1) is 17.7. The molecule has 24 heavy (non-hydrogen) atoms. The van der Waals surface area contributed by atoms with E-state index in [1.165, 1.54) is 12.4 Å². The molecule has 0 saturated heterocycles. The molecule has 0 aliphatic rings. The predicted octanol–water partition coefficient (Wildman–Crippen LogP) is 2.66. The maximum Gasteiger partial charge on any atom is 0.269 e. The van der Waals surface area contributed by atoms with E-state index in [4.69, 9.17) is 16.3 Å². The van der Waals surface area contributed by atoms with Crippen molar-refractivity contribution in [3.8, 4) is 5.75 Å². The second kappa shape index (κ2) is 8.88. The molecule has 0 aliphatic heterocycles. The molecular weight excluding hydrogens is 330 g/mol. The Morgan fingerprint density at radius 3 is 2.62 bits per heavy atom.